The molecule has 0 amide bonds. The van der Waals surface area contributed by atoms with Crippen LogP contribution in [0.2, 0.25) is 0 Å². The normalized spacial score (nSPS) is 21.5. The Hall–Kier alpha value is -1.97. The molecule has 0 spiro atoms. The van der Waals surface area contributed by atoms with Crippen LogP contribution in [0.5, 0.6) is 0 Å². The van der Waals surface area contributed by atoms with Gasteiger partial charge in [0.15, 0.2) is 0 Å². The van der Waals surface area contributed by atoms with Crippen LogP contribution in [0.1, 0.15) is 22.7 Å². The standard InChI is InChI=1S/C17H16F3N/c1-11-5-4-7-13(9-11)16-14(17(18,19)20)10-12-6-2-3-8-15(12)21-16/h2-9,14,16,21H,10H2,1H3/t14-,16-/m0/s1. The van der Waals surface area contributed by atoms with Gasteiger partial charge in [0.05, 0.1) is 12.0 Å². The lowest BCUT2D eigenvalue weighted by Crippen LogP contribution is -2.38. The summed E-state index contributed by atoms with van der Waals surface area (Å²) in [5.41, 5.74) is 3.18. The molecule has 0 saturated heterocycles. The number of anilines is 1. The predicted molar refractivity (Wildman–Crippen MR) is 77.2 cm³/mol. The van der Waals surface area contributed by atoms with E-state index in [2.05, 4.69) is 5.32 Å². The van der Waals surface area contributed by atoms with Crippen LogP contribution in [0, 0.1) is 12.8 Å². The van der Waals surface area contributed by atoms with Crippen LogP contribution in [0.4, 0.5) is 18.9 Å². The molecule has 2 aromatic carbocycles. The van der Waals surface area contributed by atoms with Gasteiger partial charge in [-0.3, -0.25) is 0 Å². The number of fused-ring (bicyclic) bond motifs is 1. The highest BCUT2D eigenvalue weighted by atomic mass is 19.4. The van der Waals surface area contributed by atoms with Gasteiger partial charge in [0.25, 0.3) is 0 Å². The SMILES string of the molecule is Cc1cccc([C@@H]2Nc3ccccc3C[C@@H]2C(F)(F)F)c1. The summed E-state index contributed by atoms with van der Waals surface area (Å²) in [6.07, 6.45) is -4.21. The molecule has 1 nitrogen and oxygen atoms in total. The van der Waals surface area contributed by atoms with Crippen molar-refractivity contribution >= 4 is 5.69 Å². The number of nitrogens with one attached hydrogen (secondary N) is 1. The van der Waals surface area contributed by atoms with Crippen LogP contribution < -0.4 is 5.32 Å². The summed E-state index contributed by atoms with van der Waals surface area (Å²) < 4.78 is 40.3. The number of rotatable bonds is 1. The van der Waals surface area contributed by atoms with E-state index < -0.39 is 18.1 Å². The van der Waals surface area contributed by atoms with Gasteiger partial charge in [-0.15, -0.1) is 0 Å². The van der Waals surface area contributed by atoms with Crippen molar-refractivity contribution in [2.45, 2.75) is 25.6 Å². The number of halogens is 3. The van der Waals surface area contributed by atoms with E-state index in [0.717, 1.165) is 16.8 Å². The summed E-state index contributed by atoms with van der Waals surface area (Å²) in [5, 5.41) is 3.08. The molecule has 2 aromatic rings. The van der Waals surface area contributed by atoms with Crippen LogP contribution in [0.3, 0.4) is 0 Å². The third kappa shape index (κ3) is 2.75. The zero-order chi connectivity index (χ0) is 15.0. The molecule has 0 aromatic heterocycles. The van der Waals surface area contributed by atoms with Gasteiger partial charge in [0, 0.05) is 5.69 Å². The molecule has 0 aliphatic carbocycles. The van der Waals surface area contributed by atoms with Crippen molar-refractivity contribution in [2.24, 2.45) is 5.92 Å². The fourth-order valence-electron chi connectivity index (χ4n) is 2.95. The lowest BCUT2D eigenvalue weighted by atomic mass is 9.83. The van der Waals surface area contributed by atoms with Gasteiger partial charge in [-0.1, -0.05) is 48.0 Å². The molecule has 0 fully saturated rings. The Labute approximate surface area is 121 Å². The van der Waals surface area contributed by atoms with E-state index in [-0.39, 0.29) is 6.42 Å². The third-order valence-corrected chi connectivity index (χ3v) is 3.99. The lowest BCUT2D eigenvalue weighted by molar-refractivity contribution is -0.179. The van der Waals surface area contributed by atoms with Crippen molar-refractivity contribution < 1.29 is 13.2 Å². The van der Waals surface area contributed by atoms with E-state index in [0.29, 0.717) is 5.56 Å². The number of hydrogen-bond donors (Lipinski definition) is 1. The van der Waals surface area contributed by atoms with Crippen molar-refractivity contribution in [2.75, 3.05) is 5.32 Å². The second kappa shape index (κ2) is 5.10. The van der Waals surface area contributed by atoms with Crippen LogP contribution in [0.15, 0.2) is 48.5 Å². The second-order valence-electron chi connectivity index (χ2n) is 5.55. The number of benzene rings is 2. The molecule has 4 heteroatoms. The smallest absolute Gasteiger partial charge is 0.377 e. The Balaban J connectivity index is 2.04. The molecule has 1 N–H and O–H groups in total. The average molecular weight is 291 g/mol. The van der Waals surface area contributed by atoms with Gasteiger partial charge >= 0.3 is 6.18 Å². The van der Waals surface area contributed by atoms with Crippen LogP contribution in [0.25, 0.3) is 0 Å². The van der Waals surface area contributed by atoms with Crippen molar-refractivity contribution in [1.29, 1.82) is 0 Å². The summed E-state index contributed by atoms with van der Waals surface area (Å²) in [6, 6.07) is 13.8. The van der Waals surface area contributed by atoms with E-state index in [9.17, 15) is 13.2 Å². The van der Waals surface area contributed by atoms with Crippen molar-refractivity contribution in [3.63, 3.8) is 0 Å². The van der Waals surface area contributed by atoms with E-state index in [1.807, 2.05) is 31.2 Å². The maximum absolute atomic E-state index is 13.4. The molecule has 1 aliphatic heterocycles. The van der Waals surface area contributed by atoms with Gasteiger partial charge in [-0.05, 0) is 30.5 Å². The minimum Gasteiger partial charge on any atom is -0.377 e. The second-order valence-corrected chi connectivity index (χ2v) is 5.55. The number of para-hydroxylation sites is 1. The Kier molecular flexibility index (Phi) is 3.40. The van der Waals surface area contributed by atoms with Gasteiger partial charge in [-0.2, -0.15) is 13.2 Å². The predicted octanol–water partition coefficient (Wildman–Crippen LogP) is 4.88. The summed E-state index contributed by atoms with van der Waals surface area (Å²) in [5.74, 6) is -1.41. The maximum Gasteiger partial charge on any atom is 0.394 e. The van der Waals surface area contributed by atoms with Gasteiger partial charge in [0.1, 0.15) is 0 Å². The molecule has 3 rings (SSSR count). The molecule has 110 valence electrons. The summed E-state index contributed by atoms with van der Waals surface area (Å²) in [4.78, 5) is 0. The number of hydrogen-bond acceptors (Lipinski definition) is 1. The molecular weight excluding hydrogens is 275 g/mol. The first-order valence-corrected chi connectivity index (χ1v) is 6.93. The van der Waals surface area contributed by atoms with Crippen LogP contribution in [-0.4, -0.2) is 6.18 Å². The van der Waals surface area contributed by atoms with Crippen molar-refractivity contribution in [1.82, 2.24) is 0 Å². The minimum atomic E-state index is -4.23. The van der Waals surface area contributed by atoms with Gasteiger partial charge in [0.2, 0.25) is 0 Å². The highest BCUT2D eigenvalue weighted by Crippen LogP contribution is 2.44. The number of aryl methyl sites for hydroxylation is 1. The Morgan fingerprint density at radius 3 is 2.52 bits per heavy atom. The fraction of sp³-hybridized carbons (Fsp3) is 0.294. The monoisotopic (exact) mass is 291 g/mol. The average Bonchev–Trinajstić information content (AvgIpc) is 2.45. The molecule has 21 heavy (non-hydrogen) atoms. The Morgan fingerprint density at radius 1 is 1.05 bits per heavy atom. The lowest BCUT2D eigenvalue weighted by Gasteiger charge is -2.36. The minimum absolute atomic E-state index is 0.0191. The van der Waals surface area contributed by atoms with E-state index >= 15 is 0 Å². The molecule has 0 radical (unpaired) electrons. The van der Waals surface area contributed by atoms with E-state index in [4.69, 9.17) is 0 Å². The molecule has 2 atom stereocenters. The molecule has 1 aliphatic rings. The first kappa shape index (κ1) is 14.0. The van der Waals surface area contributed by atoms with Crippen molar-refractivity contribution in [3.8, 4) is 0 Å². The third-order valence-electron chi connectivity index (χ3n) is 3.99. The number of alkyl halides is 3. The summed E-state index contributed by atoms with van der Waals surface area (Å²) in [6.45, 7) is 1.89. The first-order valence-electron chi connectivity index (χ1n) is 6.93. The summed E-state index contributed by atoms with van der Waals surface area (Å²) >= 11 is 0. The Bertz CT molecular complexity index is 648. The zero-order valence-corrected chi connectivity index (χ0v) is 11.6. The Morgan fingerprint density at radius 2 is 1.81 bits per heavy atom. The molecule has 0 saturated carbocycles. The quantitative estimate of drug-likeness (QED) is 0.789. The highest BCUT2D eigenvalue weighted by Gasteiger charge is 2.47. The van der Waals surface area contributed by atoms with Crippen LogP contribution in [-0.2, 0) is 6.42 Å². The van der Waals surface area contributed by atoms with Gasteiger partial charge in [-0.25, -0.2) is 0 Å². The highest BCUT2D eigenvalue weighted by molar-refractivity contribution is 5.55. The van der Waals surface area contributed by atoms with Crippen LogP contribution >= 0.6 is 0 Å². The molecular formula is C17H16F3N. The molecule has 0 bridgehead atoms. The van der Waals surface area contributed by atoms with E-state index in [1.54, 1.807) is 24.3 Å². The summed E-state index contributed by atoms with van der Waals surface area (Å²) in [7, 11) is 0. The van der Waals surface area contributed by atoms with Crippen molar-refractivity contribution in [3.05, 3.63) is 65.2 Å². The van der Waals surface area contributed by atoms with E-state index in [1.165, 1.54) is 0 Å². The largest absolute Gasteiger partial charge is 0.394 e. The maximum atomic E-state index is 13.4. The molecule has 1 heterocycles. The topological polar surface area (TPSA) is 12.0 Å². The first-order chi connectivity index (χ1) is 9.95. The zero-order valence-electron chi connectivity index (χ0n) is 11.6. The fourth-order valence-corrected chi connectivity index (χ4v) is 2.95. The van der Waals surface area contributed by atoms with Gasteiger partial charge < -0.3 is 5.32 Å². The molecule has 0 unspecified atom stereocenters.